The van der Waals surface area contributed by atoms with Crippen LogP contribution in [0.15, 0.2) is 0 Å². The average Bonchev–Trinajstić information content (AvgIpc) is 2.67. The molecule has 3 N–H and O–H groups in total. The van der Waals surface area contributed by atoms with E-state index >= 15 is 0 Å². The smallest absolute Gasteiger partial charge is 0.408 e. The van der Waals surface area contributed by atoms with Crippen LogP contribution in [0.4, 0.5) is 4.79 Å². The minimum absolute atomic E-state index is 0.0232. The van der Waals surface area contributed by atoms with Crippen molar-refractivity contribution in [3.8, 4) is 0 Å². The summed E-state index contributed by atoms with van der Waals surface area (Å²) in [5.74, 6) is -3.27. The number of alkyl carbamates (subject to hydrolysis) is 1. The Bertz CT molecular complexity index is 522. The molecule has 1 aliphatic heterocycles. The average molecular weight is 329 g/mol. The van der Waals surface area contributed by atoms with E-state index in [-0.39, 0.29) is 12.8 Å². The zero-order valence-corrected chi connectivity index (χ0v) is 13.0. The van der Waals surface area contributed by atoms with Crippen LogP contribution in [0.2, 0.25) is 0 Å². The lowest BCUT2D eigenvalue weighted by molar-refractivity contribution is -0.167. The highest BCUT2D eigenvalue weighted by Crippen LogP contribution is 2.13. The van der Waals surface area contributed by atoms with Gasteiger partial charge in [0.15, 0.2) is 0 Å². The molecule has 0 spiro atoms. The van der Waals surface area contributed by atoms with Crippen molar-refractivity contribution in [1.29, 1.82) is 5.41 Å². The quantitative estimate of drug-likeness (QED) is 0.376. The van der Waals surface area contributed by atoms with Crippen molar-refractivity contribution in [2.24, 2.45) is 0 Å². The monoisotopic (exact) mass is 329 g/mol. The number of carbonyl (C=O) groups excluding carboxylic acids is 3. The number of amides is 3. The molecule has 128 valence electrons. The minimum atomic E-state index is -1.50. The van der Waals surface area contributed by atoms with Gasteiger partial charge in [-0.3, -0.25) is 15.0 Å². The van der Waals surface area contributed by atoms with Gasteiger partial charge in [-0.05, 0) is 20.8 Å². The molecule has 0 aromatic heterocycles. The van der Waals surface area contributed by atoms with Crippen molar-refractivity contribution in [2.75, 3.05) is 0 Å². The lowest BCUT2D eigenvalue weighted by Crippen LogP contribution is -2.45. The van der Waals surface area contributed by atoms with Gasteiger partial charge in [0.1, 0.15) is 11.6 Å². The number of hydrogen-bond donors (Lipinski definition) is 3. The van der Waals surface area contributed by atoms with E-state index in [1.807, 2.05) is 0 Å². The summed E-state index contributed by atoms with van der Waals surface area (Å²) in [6.45, 7) is 4.83. The SMILES string of the molecule is CC(C)(C)OC(=O)N[C@@H](CC(=N)ON1C(=O)CCC1=O)C(=O)O. The van der Waals surface area contributed by atoms with Gasteiger partial charge in [0.05, 0.1) is 6.42 Å². The van der Waals surface area contributed by atoms with Crippen LogP contribution in [-0.2, 0) is 24.0 Å². The van der Waals surface area contributed by atoms with Crippen LogP contribution >= 0.6 is 0 Å². The molecular formula is C13H19N3O7. The molecule has 0 radical (unpaired) electrons. The van der Waals surface area contributed by atoms with Gasteiger partial charge < -0.3 is 20.0 Å². The van der Waals surface area contributed by atoms with Gasteiger partial charge in [0, 0.05) is 12.8 Å². The molecule has 0 aliphatic carbocycles. The zero-order valence-electron chi connectivity index (χ0n) is 13.0. The molecule has 1 heterocycles. The number of hydrogen-bond acceptors (Lipinski definition) is 7. The summed E-state index contributed by atoms with van der Waals surface area (Å²) in [5, 5.41) is 19.1. The third-order valence-electron chi connectivity index (χ3n) is 2.59. The van der Waals surface area contributed by atoms with Crippen molar-refractivity contribution < 1.29 is 33.9 Å². The van der Waals surface area contributed by atoms with Crippen molar-refractivity contribution in [2.45, 2.75) is 51.7 Å². The molecule has 10 heteroatoms. The van der Waals surface area contributed by atoms with E-state index in [0.29, 0.717) is 5.06 Å². The first kappa shape index (κ1) is 18.4. The molecule has 1 aliphatic rings. The maximum atomic E-state index is 11.6. The van der Waals surface area contributed by atoms with E-state index in [9.17, 15) is 19.2 Å². The van der Waals surface area contributed by atoms with Crippen LogP contribution in [0.3, 0.4) is 0 Å². The zero-order chi connectivity index (χ0) is 17.8. The molecule has 1 atom stereocenters. The number of rotatable bonds is 5. The Kier molecular flexibility index (Phi) is 5.66. The fraction of sp³-hybridized carbons (Fsp3) is 0.615. The number of hydroxylamine groups is 2. The number of aliphatic carboxylic acids is 1. The predicted octanol–water partition coefficient (Wildman–Crippen LogP) is 0.412. The van der Waals surface area contributed by atoms with Crippen LogP contribution in [-0.4, -0.2) is 51.6 Å². The second kappa shape index (κ2) is 7.07. The summed E-state index contributed by atoms with van der Waals surface area (Å²) in [6, 6.07) is -1.50. The van der Waals surface area contributed by atoms with Crippen molar-refractivity contribution in [3.63, 3.8) is 0 Å². The van der Waals surface area contributed by atoms with Crippen LogP contribution in [0.5, 0.6) is 0 Å². The normalized spacial score (nSPS) is 16.0. The van der Waals surface area contributed by atoms with E-state index in [2.05, 4.69) is 5.32 Å². The highest BCUT2D eigenvalue weighted by atomic mass is 16.7. The van der Waals surface area contributed by atoms with E-state index in [1.54, 1.807) is 20.8 Å². The molecule has 0 aromatic rings. The maximum Gasteiger partial charge on any atom is 0.408 e. The molecule has 1 fully saturated rings. The van der Waals surface area contributed by atoms with Crippen LogP contribution in [0, 0.1) is 5.41 Å². The molecule has 0 saturated carbocycles. The number of carboxylic acids is 1. The number of ether oxygens (including phenoxy) is 1. The van der Waals surface area contributed by atoms with Gasteiger partial charge in [-0.2, -0.15) is 0 Å². The first-order valence-electron chi connectivity index (χ1n) is 6.83. The van der Waals surface area contributed by atoms with Gasteiger partial charge in [0.2, 0.25) is 5.90 Å². The number of imide groups is 1. The highest BCUT2D eigenvalue weighted by Gasteiger charge is 2.33. The standard InChI is InChI=1S/C13H19N3O7/c1-13(2,3)22-12(21)15-7(11(19)20)6-8(14)23-16-9(17)4-5-10(16)18/h7,14H,4-6H2,1-3H3,(H,15,21)(H,19,20)/t7-/m0/s1. The fourth-order valence-electron chi connectivity index (χ4n) is 1.64. The molecule has 1 saturated heterocycles. The Labute approximate surface area is 132 Å². The topological polar surface area (TPSA) is 146 Å². The molecule has 0 bridgehead atoms. The molecular weight excluding hydrogens is 310 g/mol. The Balaban J connectivity index is 2.60. The van der Waals surface area contributed by atoms with Crippen LogP contribution in [0.25, 0.3) is 0 Å². The lowest BCUT2D eigenvalue weighted by Gasteiger charge is -2.22. The van der Waals surface area contributed by atoms with Crippen LogP contribution in [0.1, 0.15) is 40.0 Å². The highest BCUT2D eigenvalue weighted by molar-refractivity contribution is 6.01. The molecule has 3 amide bonds. The Hall–Kier alpha value is -2.65. The fourth-order valence-corrected chi connectivity index (χ4v) is 1.64. The van der Waals surface area contributed by atoms with Gasteiger partial charge in [0.25, 0.3) is 11.8 Å². The molecule has 0 aromatic carbocycles. The summed E-state index contributed by atoms with van der Waals surface area (Å²) in [4.78, 5) is 50.2. The third kappa shape index (κ3) is 5.93. The summed E-state index contributed by atoms with van der Waals surface area (Å²) >= 11 is 0. The largest absolute Gasteiger partial charge is 0.480 e. The van der Waals surface area contributed by atoms with Gasteiger partial charge in [-0.15, -0.1) is 5.06 Å². The van der Waals surface area contributed by atoms with E-state index < -0.39 is 47.8 Å². The van der Waals surface area contributed by atoms with E-state index in [4.69, 9.17) is 20.1 Å². The number of nitrogens with one attached hydrogen (secondary N) is 2. The first-order chi connectivity index (χ1) is 10.5. The van der Waals surface area contributed by atoms with E-state index in [0.717, 1.165) is 0 Å². The van der Waals surface area contributed by atoms with Crippen molar-refractivity contribution in [3.05, 3.63) is 0 Å². The number of carboxylic acid groups (broad SMARTS) is 1. The summed E-state index contributed by atoms with van der Waals surface area (Å²) in [6.07, 6.45) is -1.56. The van der Waals surface area contributed by atoms with Crippen molar-refractivity contribution in [1.82, 2.24) is 10.4 Å². The second-order valence-electron chi connectivity index (χ2n) is 5.84. The van der Waals surface area contributed by atoms with E-state index in [1.165, 1.54) is 0 Å². The Morgan fingerprint density at radius 3 is 2.26 bits per heavy atom. The van der Waals surface area contributed by atoms with Gasteiger partial charge >= 0.3 is 12.1 Å². The molecule has 23 heavy (non-hydrogen) atoms. The number of nitrogens with zero attached hydrogens (tertiary/aromatic N) is 1. The summed E-state index contributed by atoms with van der Waals surface area (Å²) < 4.78 is 4.92. The van der Waals surface area contributed by atoms with Gasteiger partial charge in [-0.1, -0.05) is 0 Å². The summed E-state index contributed by atoms with van der Waals surface area (Å²) in [5.41, 5.74) is -0.814. The lowest BCUT2D eigenvalue weighted by atomic mass is 10.2. The molecule has 0 unspecified atom stereocenters. The Morgan fingerprint density at radius 1 is 1.30 bits per heavy atom. The number of carbonyl (C=O) groups is 4. The van der Waals surface area contributed by atoms with Gasteiger partial charge in [-0.25, -0.2) is 9.59 Å². The minimum Gasteiger partial charge on any atom is -0.480 e. The first-order valence-corrected chi connectivity index (χ1v) is 6.83. The second-order valence-corrected chi connectivity index (χ2v) is 5.84. The summed E-state index contributed by atoms with van der Waals surface area (Å²) in [7, 11) is 0. The molecule has 10 nitrogen and oxygen atoms in total. The molecule has 1 rings (SSSR count). The van der Waals surface area contributed by atoms with Crippen LogP contribution < -0.4 is 5.32 Å². The predicted molar refractivity (Wildman–Crippen MR) is 75.3 cm³/mol. The van der Waals surface area contributed by atoms with Crippen molar-refractivity contribution >= 4 is 29.8 Å². The maximum absolute atomic E-state index is 11.6. The Morgan fingerprint density at radius 2 is 1.83 bits per heavy atom. The third-order valence-corrected chi connectivity index (χ3v) is 2.59.